The Morgan fingerprint density at radius 2 is 1.65 bits per heavy atom. The maximum absolute atomic E-state index is 12.7. The van der Waals surface area contributed by atoms with Crippen molar-refractivity contribution >= 4 is 5.91 Å². The van der Waals surface area contributed by atoms with Crippen molar-refractivity contribution in [3.63, 3.8) is 0 Å². The Morgan fingerprint density at radius 1 is 1.12 bits per heavy atom. The van der Waals surface area contributed by atoms with Crippen LogP contribution in [-0.2, 0) is 4.79 Å². The second-order valence-electron chi connectivity index (χ2n) is 6.43. The van der Waals surface area contributed by atoms with Crippen molar-refractivity contribution in [2.45, 2.75) is 44.9 Å². The summed E-state index contributed by atoms with van der Waals surface area (Å²) in [7, 11) is 0. The van der Waals surface area contributed by atoms with Crippen LogP contribution < -0.4 is 5.73 Å². The SMILES string of the molecule is NCC1(C(=O)N(CC2CC2)CC2CC2)CCC1. The third-order valence-corrected chi connectivity index (χ3v) is 4.79. The molecule has 3 rings (SSSR count). The van der Waals surface area contributed by atoms with Gasteiger partial charge in [0.25, 0.3) is 0 Å². The van der Waals surface area contributed by atoms with E-state index < -0.39 is 0 Å². The lowest BCUT2D eigenvalue weighted by Crippen LogP contribution is -2.52. The van der Waals surface area contributed by atoms with E-state index in [0.29, 0.717) is 12.5 Å². The highest BCUT2D eigenvalue weighted by molar-refractivity contribution is 5.84. The molecule has 0 unspecified atom stereocenters. The quantitative estimate of drug-likeness (QED) is 0.764. The highest BCUT2D eigenvalue weighted by Crippen LogP contribution is 2.43. The first-order valence-corrected chi connectivity index (χ1v) is 7.23. The fraction of sp³-hybridized carbons (Fsp3) is 0.929. The Balaban J connectivity index is 1.64. The maximum atomic E-state index is 12.7. The molecule has 0 aliphatic heterocycles. The minimum absolute atomic E-state index is 0.163. The van der Waals surface area contributed by atoms with Crippen LogP contribution in [0.4, 0.5) is 0 Å². The zero-order valence-corrected chi connectivity index (χ0v) is 10.7. The van der Waals surface area contributed by atoms with Gasteiger partial charge >= 0.3 is 0 Å². The van der Waals surface area contributed by atoms with Crippen LogP contribution in [0, 0.1) is 17.3 Å². The molecule has 3 fully saturated rings. The molecule has 0 heterocycles. The van der Waals surface area contributed by atoms with Crippen molar-refractivity contribution in [1.29, 1.82) is 0 Å². The monoisotopic (exact) mass is 236 g/mol. The van der Waals surface area contributed by atoms with Gasteiger partial charge in [-0.15, -0.1) is 0 Å². The molecule has 2 N–H and O–H groups in total. The van der Waals surface area contributed by atoms with Crippen LogP contribution >= 0.6 is 0 Å². The van der Waals surface area contributed by atoms with Crippen LogP contribution in [0.25, 0.3) is 0 Å². The van der Waals surface area contributed by atoms with Crippen molar-refractivity contribution in [3.05, 3.63) is 0 Å². The number of rotatable bonds is 6. The minimum Gasteiger partial charge on any atom is -0.342 e. The highest BCUT2D eigenvalue weighted by atomic mass is 16.2. The first-order chi connectivity index (χ1) is 8.23. The van der Waals surface area contributed by atoms with E-state index in [4.69, 9.17) is 5.73 Å². The predicted molar refractivity (Wildman–Crippen MR) is 67.4 cm³/mol. The molecule has 0 saturated heterocycles. The lowest BCUT2D eigenvalue weighted by molar-refractivity contribution is -0.147. The van der Waals surface area contributed by atoms with Crippen LogP contribution in [0.5, 0.6) is 0 Å². The van der Waals surface area contributed by atoms with E-state index in [1.54, 1.807) is 0 Å². The first-order valence-electron chi connectivity index (χ1n) is 7.23. The first kappa shape index (κ1) is 11.5. The summed E-state index contributed by atoms with van der Waals surface area (Å²) in [6, 6.07) is 0. The predicted octanol–water partition coefficient (Wildman–Crippen LogP) is 1.76. The van der Waals surface area contributed by atoms with Gasteiger partial charge in [-0.1, -0.05) is 6.42 Å². The largest absolute Gasteiger partial charge is 0.342 e. The average Bonchev–Trinajstić information content (AvgIpc) is 3.10. The Morgan fingerprint density at radius 3 is 1.94 bits per heavy atom. The Kier molecular flexibility index (Phi) is 2.89. The van der Waals surface area contributed by atoms with Gasteiger partial charge in [0.1, 0.15) is 0 Å². The molecular formula is C14H24N2O. The zero-order chi connectivity index (χ0) is 11.9. The smallest absolute Gasteiger partial charge is 0.230 e. The van der Waals surface area contributed by atoms with Gasteiger partial charge in [-0.2, -0.15) is 0 Å². The van der Waals surface area contributed by atoms with E-state index in [1.807, 2.05) is 0 Å². The Bertz CT molecular complexity index is 284. The molecule has 3 nitrogen and oxygen atoms in total. The zero-order valence-electron chi connectivity index (χ0n) is 10.7. The third kappa shape index (κ3) is 2.35. The number of hydrogen-bond donors (Lipinski definition) is 1. The van der Waals surface area contributed by atoms with E-state index in [0.717, 1.165) is 37.8 Å². The summed E-state index contributed by atoms with van der Waals surface area (Å²) in [6.07, 6.45) is 8.52. The van der Waals surface area contributed by atoms with Crippen molar-refractivity contribution in [3.8, 4) is 0 Å². The number of nitrogens with zero attached hydrogens (tertiary/aromatic N) is 1. The highest BCUT2D eigenvalue weighted by Gasteiger charge is 2.46. The lowest BCUT2D eigenvalue weighted by atomic mass is 9.67. The molecular weight excluding hydrogens is 212 g/mol. The number of hydrogen-bond acceptors (Lipinski definition) is 2. The van der Waals surface area contributed by atoms with Crippen LogP contribution in [-0.4, -0.2) is 30.4 Å². The molecule has 3 heteroatoms. The molecule has 0 aromatic heterocycles. The van der Waals surface area contributed by atoms with Gasteiger partial charge in [-0.05, 0) is 50.4 Å². The molecule has 17 heavy (non-hydrogen) atoms. The summed E-state index contributed by atoms with van der Waals surface area (Å²) >= 11 is 0. The summed E-state index contributed by atoms with van der Waals surface area (Å²) in [5.41, 5.74) is 5.69. The van der Waals surface area contributed by atoms with Crippen LogP contribution in [0.15, 0.2) is 0 Å². The number of carbonyl (C=O) groups excluding carboxylic acids is 1. The van der Waals surface area contributed by atoms with E-state index in [1.165, 1.54) is 32.1 Å². The summed E-state index contributed by atoms with van der Waals surface area (Å²) in [5.74, 6) is 1.98. The van der Waals surface area contributed by atoms with Gasteiger partial charge in [0.2, 0.25) is 5.91 Å². The van der Waals surface area contributed by atoms with E-state index in [-0.39, 0.29) is 5.41 Å². The standard InChI is InChI=1S/C14H24N2O/c15-10-14(6-1-7-14)13(17)16(8-11-2-3-11)9-12-4-5-12/h11-12H,1-10,15H2. The van der Waals surface area contributed by atoms with Crippen molar-refractivity contribution in [1.82, 2.24) is 4.90 Å². The molecule has 3 aliphatic carbocycles. The van der Waals surface area contributed by atoms with E-state index in [2.05, 4.69) is 4.90 Å². The number of amides is 1. The number of nitrogens with two attached hydrogens (primary N) is 1. The van der Waals surface area contributed by atoms with Gasteiger partial charge < -0.3 is 10.6 Å². The fourth-order valence-corrected chi connectivity index (χ4v) is 2.91. The minimum atomic E-state index is -0.163. The second kappa shape index (κ2) is 4.27. The van der Waals surface area contributed by atoms with Gasteiger partial charge in [0.15, 0.2) is 0 Å². The van der Waals surface area contributed by atoms with Gasteiger partial charge in [0, 0.05) is 19.6 Å². The lowest BCUT2D eigenvalue weighted by Gasteiger charge is -2.43. The summed E-state index contributed by atoms with van der Waals surface area (Å²) < 4.78 is 0. The molecule has 0 bridgehead atoms. The summed E-state index contributed by atoms with van der Waals surface area (Å²) in [5, 5.41) is 0. The van der Waals surface area contributed by atoms with Gasteiger partial charge in [0.05, 0.1) is 5.41 Å². The molecule has 3 aliphatic rings. The van der Waals surface area contributed by atoms with Crippen molar-refractivity contribution in [2.75, 3.05) is 19.6 Å². The average molecular weight is 236 g/mol. The summed E-state index contributed by atoms with van der Waals surface area (Å²) in [6.45, 7) is 2.58. The van der Waals surface area contributed by atoms with Gasteiger partial charge in [-0.25, -0.2) is 0 Å². The third-order valence-electron chi connectivity index (χ3n) is 4.79. The topological polar surface area (TPSA) is 46.3 Å². The van der Waals surface area contributed by atoms with Gasteiger partial charge in [-0.3, -0.25) is 4.79 Å². The van der Waals surface area contributed by atoms with Crippen molar-refractivity contribution < 1.29 is 4.79 Å². The molecule has 0 atom stereocenters. The van der Waals surface area contributed by atoms with Crippen LogP contribution in [0.3, 0.4) is 0 Å². The van der Waals surface area contributed by atoms with E-state index in [9.17, 15) is 4.79 Å². The van der Waals surface area contributed by atoms with Crippen LogP contribution in [0.2, 0.25) is 0 Å². The Hall–Kier alpha value is -0.570. The fourth-order valence-electron chi connectivity index (χ4n) is 2.91. The Labute approximate surface area is 104 Å². The maximum Gasteiger partial charge on any atom is 0.230 e. The molecule has 3 saturated carbocycles. The van der Waals surface area contributed by atoms with Crippen molar-refractivity contribution in [2.24, 2.45) is 23.0 Å². The molecule has 96 valence electrons. The summed E-state index contributed by atoms with van der Waals surface area (Å²) in [4.78, 5) is 14.8. The molecule has 0 spiro atoms. The molecule has 0 radical (unpaired) electrons. The second-order valence-corrected chi connectivity index (χ2v) is 6.43. The molecule has 0 aromatic rings. The number of carbonyl (C=O) groups is 1. The molecule has 0 aromatic carbocycles. The van der Waals surface area contributed by atoms with Crippen LogP contribution in [0.1, 0.15) is 44.9 Å². The molecule has 1 amide bonds. The van der Waals surface area contributed by atoms with E-state index >= 15 is 0 Å². The normalized spacial score (nSPS) is 26.4.